The average Bonchev–Trinajstić information content (AvgIpc) is 3.14. The summed E-state index contributed by atoms with van der Waals surface area (Å²) in [5.74, 6) is -0.422. The van der Waals surface area contributed by atoms with Gasteiger partial charge in [0.15, 0.2) is 5.13 Å². The monoisotopic (exact) mass is 439 g/mol. The van der Waals surface area contributed by atoms with Crippen LogP contribution in [0.4, 0.5) is 22.2 Å². The molecule has 0 atom stereocenters. The molecule has 9 nitrogen and oxygen atoms in total. The number of piperidine rings is 1. The predicted octanol–water partition coefficient (Wildman–Crippen LogP) is 4.02. The number of aromatic nitrogens is 1. The fourth-order valence-electron chi connectivity index (χ4n) is 3.74. The molecule has 1 saturated heterocycles. The smallest absolute Gasteiger partial charge is 0.292 e. The number of amides is 2. The van der Waals surface area contributed by atoms with Crippen molar-refractivity contribution in [2.75, 3.05) is 28.6 Å². The second kappa shape index (κ2) is 8.68. The predicted molar refractivity (Wildman–Crippen MR) is 121 cm³/mol. The van der Waals surface area contributed by atoms with E-state index in [0.717, 1.165) is 10.2 Å². The Balaban J connectivity index is 1.39. The maximum atomic E-state index is 12.7. The molecule has 0 bridgehead atoms. The van der Waals surface area contributed by atoms with Crippen LogP contribution in [0.25, 0.3) is 10.2 Å². The number of nitrogens with one attached hydrogen (secondary N) is 2. The number of nitro benzene ring substituents is 1. The molecular formula is C21H21N5O4S. The summed E-state index contributed by atoms with van der Waals surface area (Å²) in [6.45, 7) is 2.59. The van der Waals surface area contributed by atoms with E-state index in [2.05, 4.69) is 15.6 Å². The molecule has 1 fully saturated rings. The molecule has 0 unspecified atom stereocenters. The Morgan fingerprint density at radius 3 is 2.61 bits per heavy atom. The normalized spacial score (nSPS) is 14.4. The van der Waals surface area contributed by atoms with Crippen LogP contribution >= 0.6 is 11.3 Å². The van der Waals surface area contributed by atoms with E-state index in [1.807, 2.05) is 11.0 Å². The van der Waals surface area contributed by atoms with Gasteiger partial charge in [-0.15, -0.1) is 0 Å². The highest BCUT2D eigenvalue weighted by molar-refractivity contribution is 7.22. The third-order valence-electron chi connectivity index (χ3n) is 5.22. The standard InChI is InChI=1S/C21H21N5O4S/c1-13(27)22-15-6-7-16-19(12-15)31-21(23-16)24-20(28)14-8-10-25(11-9-14)17-4-2-3-5-18(17)26(29)30/h2-7,12,14H,8-11H2,1H3,(H,22,27)(H,23,24,28). The Morgan fingerprint density at radius 2 is 1.90 bits per heavy atom. The Kier molecular flexibility index (Phi) is 5.81. The minimum absolute atomic E-state index is 0.0820. The van der Waals surface area contributed by atoms with E-state index in [1.165, 1.54) is 24.3 Å². The van der Waals surface area contributed by atoms with Gasteiger partial charge in [0, 0.05) is 37.7 Å². The first kappa shape index (κ1) is 20.7. The van der Waals surface area contributed by atoms with Crippen molar-refractivity contribution in [1.82, 2.24) is 4.98 Å². The lowest BCUT2D eigenvalue weighted by Crippen LogP contribution is -2.38. The summed E-state index contributed by atoms with van der Waals surface area (Å²) in [6.07, 6.45) is 1.21. The second-order valence-electron chi connectivity index (χ2n) is 7.38. The van der Waals surface area contributed by atoms with Crippen LogP contribution in [0.1, 0.15) is 19.8 Å². The number of nitro groups is 1. The number of benzene rings is 2. The molecular weight excluding hydrogens is 418 g/mol. The fourth-order valence-corrected chi connectivity index (χ4v) is 4.64. The minimum Gasteiger partial charge on any atom is -0.366 e. The molecule has 0 aliphatic carbocycles. The molecule has 3 aromatic rings. The van der Waals surface area contributed by atoms with Crippen LogP contribution < -0.4 is 15.5 Å². The van der Waals surface area contributed by atoms with Crippen molar-refractivity contribution < 1.29 is 14.5 Å². The molecule has 1 aromatic heterocycles. The molecule has 4 rings (SSSR count). The first-order valence-corrected chi connectivity index (χ1v) is 10.7. The van der Waals surface area contributed by atoms with Crippen molar-refractivity contribution >= 4 is 55.6 Å². The lowest BCUT2D eigenvalue weighted by Gasteiger charge is -2.32. The molecule has 0 radical (unpaired) electrons. The maximum absolute atomic E-state index is 12.7. The third kappa shape index (κ3) is 4.64. The lowest BCUT2D eigenvalue weighted by molar-refractivity contribution is -0.384. The molecule has 2 amide bonds. The van der Waals surface area contributed by atoms with Crippen molar-refractivity contribution in [2.45, 2.75) is 19.8 Å². The van der Waals surface area contributed by atoms with Crippen LogP contribution in [-0.4, -0.2) is 34.8 Å². The maximum Gasteiger partial charge on any atom is 0.292 e. The summed E-state index contributed by atoms with van der Waals surface area (Å²) in [6, 6.07) is 12.1. The number of thiazole rings is 1. The van der Waals surface area contributed by atoms with Gasteiger partial charge in [-0.25, -0.2) is 4.98 Å². The number of nitrogens with zero attached hydrogens (tertiary/aromatic N) is 3. The van der Waals surface area contributed by atoms with Gasteiger partial charge < -0.3 is 15.5 Å². The SMILES string of the molecule is CC(=O)Nc1ccc2nc(NC(=O)C3CCN(c4ccccc4[N+](=O)[O-])CC3)sc2c1. The quantitative estimate of drug-likeness (QED) is 0.458. The van der Waals surface area contributed by atoms with E-state index in [9.17, 15) is 19.7 Å². The van der Waals surface area contributed by atoms with Crippen molar-refractivity contribution in [2.24, 2.45) is 5.92 Å². The Bertz CT molecular complexity index is 1150. The van der Waals surface area contributed by atoms with E-state index in [-0.39, 0.29) is 28.3 Å². The van der Waals surface area contributed by atoms with Crippen molar-refractivity contribution in [1.29, 1.82) is 0 Å². The van der Waals surface area contributed by atoms with Gasteiger partial charge in [0.1, 0.15) is 5.69 Å². The van der Waals surface area contributed by atoms with Gasteiger partial charge in [-0.05, 0) is 37.1 Å². The molecule has 31 heavy (non-hydrogen) atoms. The van der Waals surface area contributed by atoms with Crippen LogP contribution in [0, 0.1) is 16.0 Å². The summed E-state index contributed by atoms with van der Waals surface area (Å²) in [5.41, 5.74) is 2.11. The van der Waals surface area contributed by atoms with Gasteiger partial charge in [0.2, 0.25) is 11.8 Å². The van der Waals surface area contributed by atoms with Gasteiger partial charge >= 0.3 is 0 Å². The first-order chi connectivity index (χ1) is 14.9. The third-order valence-corrected chi connectivity index (χ3v) is 6.16. The van der Waals surface area contributed by atoms with Crippen molar-refractivity contribution in [3.8, 4) is 0 Å². The lowest BCUT2D eigenvalue weighted by atomic mass is 9.95. The molecule has 2 N–H and O–H groups in total. The highest BCUT2D eigenvalue weighted by Crippen LogP contribution is 2.32. The molecule has 0 spiro atoms. The molecule has 10 heteroatoms. The fraction of sp³-hybridized carbons (Fsp3) is 0.286. The number of hydrogen-bond donors (Lipinski definition) is 2. The number of anilines is 3. The summed E-state index contributed by atoms with van der Waals surface area (Å²) in [4.78, 5) is 41.3. The van der Waals surface area contributed by atoms with E-state index >= 15 is 0 Å². The average molecular weight is 439 g/mol. The van der Waals surface area contributed by atoms with Crippen LogP contribution in [0.5, 0.6) is 0 Å². The van der Waals surface area contributed by atoms with Gasteiger partial charge in [0.05, 0.1) is 15.1 Å². The number of carbonyl (C=O) groups is 2. The van der Waals surface area contributed by atoms with Gasteiger partial charge in [-0.1, -0.05) is 23.5 Å². The number of para-hydroxylation sites is 2. The number of fused-ring (bicyclic) bond motifs is 1. The summed E-state index contributed by atoms with van der Waals surface area (Å²) in [5, 5.41) is 17.4. The largest absolute Gasteiger partial charge is 0.366 e. The molecule has 160 valence electrons. The van der Waals surface area contributed by atoms with Crippen LogP contribution in [0.2, 0.25) is 0 Å². The summed E-state index contributed by atoms with van der Waals surface area (Å²) >= 11 is 1.35. The minimum atomic E-state index is -0.376. The van der Waals surface area contributed by atoms with Gasteiger partial charge in [-0.3, -0.25) is 19.7 Å². The number of hydrogen-bond acceptors (Lipinski definition) is 7. The number of carbonyl (C=O) groups excluding carboxylic acids is 2. The zero-order valence-electron chi connectivity index (χ0n) is 16.8. The molecule has 2 aromatic carbocycles. The Labute approximate surface area is 182 Å². The van der Waals surface area contributed by atoms with Crippen LogP contribution in [0.3, 0.4) is 0 Å². The second-order valence-corrected chi connectivity index (χ2v) is 8.41. The Hall–Kier alpha value is -3.53. The summed E-state index contributed by atoms with van der Waals surface area (Å²) < 4.78 is 0.868. The topological polar surface area (TPSA) is 117 Å². The van der Waals surface area contributed by atoms with E-state index in [1.54, 1.807) is 30.3 Å². The van der Waals surface area contributed by atoms with Crippen LogP contribution in [-0.2, 0) is 9.59 Å². The first-order valence-electron chi connectivity index (χ1n) is 9.88. The van der Waals surface area contributed by atoms with Gasteiger partial charge in [-0.2, -0.15) is 0 Å². The molecule has 1 aliphatic rings. The van der Waals surface area contributed by atoms with Crippen molar-refractivity contribution in [3.63, 3.8) is 0 Å². The van der Waals surface area contributed by atoms with Crippen LogP contribution in [0.15, 0.2) is 42.5 Å². The number of rotatable bonds is 5. The van der Waals surface area contributed by atoms with Crippen molar-refractivity contribution in [3.05, 3.63) is 52.6 Å². The summed E-state index contributed by atoms with van der Waals surface area (Å²) in [7, 11) is 0. The molecule has 0 saturated carbocycles. The van der Waals surface area contributed by atoms with E-state index in [0.29, 0.717) is 42.4 Å². The van der Waals surface area contributed by atoms with E-state index in [4.69, 9.17) is 0 Å². The molecule has 1 aliphatic heterocycles. The molecule has 2 heterocycles. The van der Waals surface area contributed by atoms with Gasteiger partial charge in [0.25, 0.3) is 5.69 Å². The highest BCUT2D eigenvalue weighted by Gasteiger charge is 2.28. The highest BCUT2D eigenvalue weighted by atomic mass is 32.1. The zero-order valence-corrected chi connectivity index (χ0v) is 17.6. The van der Waals surface area contributed by atoms with E-state index < -0.39 is 0 Å². The zero-order chi connectivity index (χ0) is 22.0. The Morgan fingerprint density at radius 1 is 1.16 bits per heavy atom.